The van der Waals surface area contributed by atoms with E-state index < -0.39 is 17.5 Å². The summed E-state index contributed by atoms with van der Waals surface area (Å²) >= 11 is 0. The first-order valence-corrected chi connectivity index (χ1v) is 6.09. The Labute approximate surface area is 105 Å². The van der Waals surface area contributed by atoms with Gasteiger partial charge < -0.3 is 10.2 Å². The zero-order valence-electron chi connectivity index (χ0n) is 10.5. The lowest BCUT2D eigenvalue weighted by Crippen LogP contribution is -2.47. The van der Waals surface area contributed by atoms with Gasteiger partial charge in [0.1, 0.15) is 11.5 Å². The van der Waals surface area contributed by atoms with Crippen LogP contribution < -0.4 is 10.2 Å². The number of hydrogen-bond donors (Lipinski definition) is 1. The second-order valence-electron chi connectivity index (χ2n) is 4.83. The van der Waals surface area contributed by atoms with Crippen LogP contribution in [0.15, 0.2) is 12.1 Å². The molecule has 0 saturated carbocycles. The van der Waals surface area contributed by atoms with E-state index in [0.717, 1.165) is 18.6 Å². The molecule has 1 heterocycles. The summed E-state index contributed by atoms with van der Waals surface area (Å²) in [7, 11) is 1.88. The SMILES string of the molecule is CNC1CCN(c2c(F)cc(F)cc2F)CC1C. The largest absolute Gasteiger partial charge is 0.366 e. The van der Waals surface area contributed by atoms with Crippen LogP contribution in [0, 0.1) is 23.4 Å². The van der Waals surface area contributed by atoms with Gasteiger partial charge in [-0.15, -0.1) is 0 Å². The van der Waals surface area contributed by atoms with Gasteiger partial charge in [-0.3, -0.25) is 0 Å². The van der Waals surface area contributed by atoms with Gasteiger partial charge in [-0.05, 0) is 19.4 Å². The summed E-state index contributed by atoms with van der Waals surface area (Å²) in [6, 6.07) is 1.81. The molecule has 1 aromatic carbocycles. The number of benzene rings is 1. The van der Waals surface area contributed by atoms with Crippen molar-refractivity contribution in [3.63, 3.8) is 0 Å². The zero-order valence-corrected chi connectivity index (χ0v) is 10.5. The third kappa shape index (κ3) is 2.46. The van der Waals surface area contributed by atoms with E-state index in [1.54, 1.807) is 4.90 Å². The average Bonchev–Trinajstić information content (AvgIpc) is 2.27. The molecule has 0 radical (unpaired) electrons. The summed E-state index contributed by atoms with van der Waals surface area (Å²) in [4.78, 5) is 1.66. The summed E-state index contributed by atoms with van der Waals surface area (Å²) in [5.74, 6) is -2.26. The molecule has 0 spiro atoms. The molecule has 1 saturated heterocycles. The van der Waals surface area contributed by atoms with Crippen LogP contribution in [0.1, 0.15) is 13.3 Å². The molecule has 2 unspecified atom stereocenters. The zero-order chi connectivity index (χ0) is 13.3. The number of piperidine rings is 1. The van der Waals surface area contributed by atoms with Crippen molar-refractivity contribution in [1.82, 2.24) is 5.32 Å². The van der Waals surface area contributed by atoms with E-state index >= 15 is 0 Å². The molecular formula is C13H17F3N2. The van der Waals surface area contributed by atoms with Gasteiger partial charge in [0.25, 0.3) is 0 Å². The van der Waals surface area contributed by atoms with Crippen molar-refractivity contribution in [1.29, 1.82) is 0 Å². The fraction of sp³-hybridized carbons (Fsp3) is 0.538. The van der Waals surface area contributed by atoms with Gasteiger partial charge in [-0.25, -0.2) is 13.2 Å². The highest BCUT2D eigenvalue weighted by atomic mass is 19.1. The molecule has 0 aromatic heterocycles. The first-order valence-electron chi connectivity index (χ1n) is 6.09. The highest BCUT2D eigenvalue weighted by molar-refractivity contribution is 5.50. The van der Waals surface area contributed by atoms with Crippen LogP contribution in [0.5, 0.6) is 0 Å². The minimum atomic E-state index is -0.882. The quantitative estimate of drug-likeness (QED) is 0.877. The van der Waals surface area contributed by atoms with Crippen molar-refractivity contribution < 1.29 is 13.2 Å². The Kier molecular flexibility index (Phi) is 3.80. The van der Waals surface area contributed by atoms with Gasteiger partial charge in [-0.1, -0.05) is 6.92 Å². The molecule has 0 bridgehead atoms. The number of halogens is 3. The van der Waals surface area contributed by atoms with Crippen molar-refractivity contribution in [3.05, 3.63) is 29.6 Å². The Morgan fingerprint density at radius 1 is 1.22 bits per heavy atom. The maximum atomic E-state index is 13.7. The van der Waals surface area contributed by atoms with Crippen LogP contribution in [-0.4, -0.2) is 26.2 Å². The molecule has 1 fully saturated rings. The molecule has 1 aliphatic heterocycles. The third-order valence-corrected chi connectivity index (χ3v) is 3.57. The smallest absolute Gasteiger partial charge is 0.152 e. The Bertz CT molecular complexity index is 413. The van der Waals surface area contributed by atoms with Gasteiger partial charge >= 0.3 is 0 Å². The van der Waals surface area contributed by atoms with Crippen molar-refractivity contribution in [2.45, 2.75) is 19.4 Å². The molecule has 1 aliphatic rings. The number of hydrogen-bond acceptors (Lipinski definition) is 2. The third-order valence-electron chi connectivity index (χ3n) is 3.57. The second kappa shape index (κ2) is 5.18. The molecule has 2 rings (SSSR count). The summed E-state index contributed by atoms with van der Waals surface area (Å²) in [5, 5.41) is 3.19. The molecule has 5 heteroatoms. The van der Waals surface area contributed by atoms with Crippen LogP contribution in [0.2, 0.25) is 0 Å². The van der Waals surface area contributed by atoms with Gasteiger partial charge in [0.15, 0.2) is 11.6 Å². The van der Waals surface area contributed by atoms with Crippen LogP contribution in [0.25, 0.3) is 0 Å². The van der Waals surface area contributed by atoms with E-state index in [1.807, 2.05) is 14.0 Å². The molecular weight excluding hydrogens is 241 g/mol. The minimum Gasteiger partial charge on any atom is -0.366 e. The second-order valence-corrected chi connectivity index (χ2v) is 4.83. The molecule has 100 valence electrons. The Balaban J connectivity index is 2.23. The van der Waals surface area contributed by atoms with Crippen molar-refractivity contribution >= 4 is 5.69 Å². The van der Waals surface area contributed by atoms with Crippen molar-refractivity contribution in [2.24, 2.45) is 5.92 Å². The molecule has 0 aliphatic carbocycles. The average molecular weight is 258 g/mol. The summed E-state index contributed by atoms with van der Waals surface area (Å²) in [6.07, 6.45) is 0.813. The Morgan fingerprint density at radius 2 is 1.83 bits per heavy atom. The number of nitrogens with zero attached hydrogens (tertiary/aromatic N) is 1. The lowest BCUT2D eigenvalue weighted by Gasteiger charge is -2.38. The fourth-order valence-electron chi connectivity index (χ4n) is 2.61. The molecule has 18 heavy (non-hydrogen) atoms. The molecule has 1 N–H and O–H groups in total. The van der Waals surface area contributed by atoms with Gasteiger partial charge in [0.2, 0.25) is 0 Å². The first kappa shape index (κ1) is 13.2. The van der Waals surface area contributed by atoms with Crippen LogP contribution in [0.3, 0.4) is 0 Å². The number of rotatable bonds is 2. The van der Waals surface area contributed by atoms with Crippen LogP contribution in [-0.2, 0) is 0 Å². The number of anilines is 1. The van der Waals surface area contributed by atoms with E-state index in [0.29, 0.717) is 19.1 Å². The standard InChI is InChI=1S/C13H17F3N2/c1-8-7-18(4-3-12(8)17-2)13-10(15)5-9(14)6-11(13)16/h5-6,8,12,17H,3-4,7H2,1-2H3. The normalized spacial score (nSPS) is 24.4. The number of nitrogens with one attached hydrogen (secondary N) is 1. The van der Waals surface area contributed by atoms with Crippen molar-refractivity contribution in [2.75, 3.05) is 25.0 Å². The maximum Gasteiger partial charge on any atom is 0.152 e. The van der Waals surface area contributed by atoms with E-state index in [-0.39, 0.29) is 11.6 Å². The summed E-state index contributed by atoms with van der Waals surface area (Å²) < 4.78 is 40.2. The fourth-order valence-corrected chi connectivity index (χ4v) is 2.61. The summed E-state index contributed by atoms with van der Waals surface area (Å²) in [5.41, 5.74) is -0.113. The summed E-state index contributed by atoms with van der Waals surface area (Å²) in [6.45, 7) is 3.16. The van der Waals surface area contributed by atoms with Gasteiger partial charge in [0.05, 0.1) is 0 Å². The first-order chi connectivity index (χ1) is 8.52. The van der Waals surface area contributed by atoms with E-state index in [4.69, 9.17) is 0 Å². The molecule has 2 atom stereocenters. The van der Waals surface area contributed by atoms with E-state index in [9.17, 15) is 13.2 Å². The Morgan fingerprint density at radius 3 is 2.33 bits per heavy atom. The molecule has 2 nitrogen and oxygen atoms in total. The lowest BCUT2D eigenvalue weighted by molar-refractivity contribution is 0.335. The maximum absolute atomic E-state index is 13.7. The van der Waals surface area contributed by atoms with Gasteiger partial charge in [0, 0.05) is 31.3 Å². The highest BCUT2D eigenvalue weighted by Crippen LogP contribution is 2.29. The molecule has 1 aromatic rings. The topological polar surface area (TPSA) is 15.3 Å². The van der Waals surface area contributed by atoms with Crippen LogP contribution in [0.4, 0.5) is 18.9 Å². The predicted octanol–water partition coefficient (Wildman–Crippen LogP) is 2.54. The minimum absolute atomic E-state index is 0.113. The van der Waals surface area contributed by atoms with E-state index in [1.165, 1.54) is 0 Å². The Hall–Kier alpha value is -1.23. The lowest BCUT2D eigenvalue weighted by atomic mass is 9.93. The van der Waals surface area contributed by atoms with Gasteiger partial charge in [-0.2, -0.15) is 0 Å². The molecule has 0 amide bonds. The van der Waals surface area contributed by atoms with Crippen LogP contribution >= 0.6 is 0 Å². The highest BCUT2D eigenvalue weighted by Gasteiger charge is 2.28. The monoisotopic (exact) mass is 258 g/mol. The predicted molar refractivity (Wildman–Crippen MR) is 65.2 cm³/mol. The van der Waals surface area contributed by atoms with Crippen molar-refractivity contribution in [3.8, 4) is 0 Å². The van der Waals surface area contributed by atoms with E-state index in [2.05, 4.69) is 5.32 Å².